The Morgan fingerprint density at radius 1 is 1.31 bits per heavy atom. The third-order valence-corrected chi connectivity index (χ3v) is 4.24. The summed E-state index contributed by atoms with van der Waals surface area (Å²) in [5.74, 6) is 1.28. The molecule has 152 valence electrons. The number of methoxy groups -OCH3 is 2. The van der Waals surface area contributed by atoms with E-state index in [1.165, 1.54) is 18.1 Å². The molecule has 0 unspecified atom stereocenters. The summed E-state index contributed by atoms with van der Waals surface area (Å²) in [5.41, 5.74) is 2.29. The van der Waals surface area contributed by atoms with Crippen molar-refractivity contribution in [1.29, 1.82) is 5.26 Å². The third kappa shape index (κ3) is 6.09. The van der Waals surface area contributed by atoms with Crippen LogP contribution in [-0.2, 0) is 24.2 Å². The van der Waals surface area contributed by atoms with E-state index in [-0.39, 0.29) is 18.6 Å². The molecule has 0 amide bonds. The van der Waals surface area contributed by atoms with E-state index in [1.807, 2.05) is 24.3 Å². The van der Waals surface area contributed by atoms with Gasteiger partial charge in [-0.25, -0.2) is 0 Å². The molecular formula is C20H21ClN4O4. The van der Waals surface area contributed by atoms with Crippen LogP contribution >= 0.6 is 11.6 Å². The maximum atomic E-state index is 11.9. The van der Waals surface area contributed by atoms with Crippen molar-refractivity contribution in [3.63, 3.8) is 0 Å². The van der Waals surface area contributed by atoms with E-state index in [9.17, 15) is 10.1 Å². The van der Waals surface area contributed by atoms with Gasteiger partial charge in [-0.05, 0) is 30.2 Å². The van der Waals surface area contributed by atoms with E-state index >= 15 is 0 Å². The van der Waals surface area contributed by atoms with Gasteiger partial charge in [0.25, 0.3) is 5.56 Å². The molecule has 0 bridgehead atoms. The quantitative estimate of drug-likeness (QED) is 0.335. The van der Waals surface area contributed by atoms with Crippen LogP contribution in [0, 0.1) is 11.3 Å². The SMILES string of the molecule is COc1ccc(CCn2cnc(=O)c(C#N)c2C/C=N/OC/C=C/Cl)cc1OC. The molecule has 9 heteroatoms. The number of halogens is 1. The monoisotopic (exact) mass is 416 g/mol. The molecule has 0 atom stereocenters. The first-order chi connectivity index (χ1) is 14.1. The highest BCUT2D eigenvalue weighted by molar-refractivity contribution is 6.25. The van der Waals surface area contributed by atoms with Crippen molar-refractivity contribution in [2.75, 3.05) is 20.8 Å². The van der Waals surface area contributed by atoms with Crippen LogP contribution in [-0.4, -0.2) is 36.6 Å². The number of rotatable bonds is 10. The minimum atomic E-state index is -0.566. The first-order valence-corrected chi connectivity index (χ1v) is 9.16. The molecule has 0 radical (unpaired) electrons. The van der Waals surface area contributed by atoms with E-state index in [0.29, 0.717) is 30.2 Å². The van der Waals surface area contributed by atoms with Gasteiger partial charge < -0.3 is 18.9 Å². The second kappa shape index (κ2) is 11.5. The van der Waals surface area contributed by atoms with Gasteiger partial charge in [0.2, 0.25) is 0 Å². The Balaban J connectivity index is 2.19. The Hall–Kier alpha value is -3.31. The number of nitriles is 1. The van der Waals surface area contributed by atoms with Crippen LogP contribution < -0.4 is 15.0 Å². The molecule has 1 aromatic heterocycles. The molecule has 0 saturated carbocycles. The van der Waals surface area contributed by atoms with E-state index in [4.69, 9.17) is 25.9 Å². The zero-order chi connectivity index (χ0) is 21.1. The van der Waals surface area contributed by atoms with Crippen LogP contribution in [0.15, 0.2) is 46.1 Å². The fraction of sp³-hybridized carbons (Fsp3) is 0.300. The fourth-order valence-corrected chi connectivity index (χ4v) is 2.71. The van der Waals surface area contributed by atoms with Crippen LogP contribution in [0.3, 0.4) is 0 Å². The number of ether oxygens (including phenoxy) is 2. The lowest BCUT2D eigenvalue weighted by molar-refractivity contribution is 0.176. The third-order valence-electron chi connectivity index (χ3n) is 4.06. The van der Waals surface area contributed by atoms with Crippen LogP contribution in [0.1, 0.15) is 16.8 Å². The molecule has 0 N–H and O–H groups in total. The highest BCUT2D eigenvalue weighted by Crippen LogP contribution is 2.27. The second-order valence-electron chi connectivity index (χ2n) is 5.77. The highest BCUT2D eigenvalue weighted by atomic mass is 35.5. The molecule has 0 fully saturated rings. The van der Waals surface area contributed by atoms with Gasteiger partial charge in [0, 0.05) is 30.4 Å². The zero-order valence-corrected chi connectivity index (χ0v) is 16.9. The summed E-state index contributed by atoms with van der Waals surface area (Å²) in [6.07, 6.45) is 5.40. The lowest BCUT2D eigenvalue weighted by Crippen LogP contribution is -2.21. The molecule has 0 aliphatic rings. The zero-order valence-electron chi connectivity index (χ0n) is 16.2. The molecular weight excluding hydrogens is 396 g/mol. The smallest absolute Gasteiger partial charge is 0.290 e. The molecule has 0 aliphatic carbocycles. The summed E-state index contributed by atoms with van der Waals surface area (Å²) < 4.78 is 12.3. The molecule has 2 rings (SSSR count). The lowest BCUT2D eigenvalue weighted by Gasteiger charge is -2.14. The lowest BCUT2D eigenvalue weighted by atomic mass is 10.1. The predicted octanol–water partition coefficient (Wildman–Crippen LogP) is 2.67. The molecule has 1 heterocycles. The number of hydrogen-bond donors (Lipinski definition) is 0. The largest absolute Gasteiger partial charge is 0.493 e. The molecule has 0 spiro atoms. The summed E-state index contributed by atoms with van der Waals surface area (Å²) in [5, 5.41) is 13.2. The minimum absolute atomic E-state index is 0.00749. The van der Waals surface area contributed by atoms with Crippen molar-refractivity contribution in [2.24, 2.45) is 5.16 Å². The normalized spacial score (nSPS) is 11.0. The molecule has 0 saturated heterocycles. The van der Waals surface area contributed by atoms with Crippen LogP contribution in [0.25, 0.3) is 0 Å². The maximum Gasteiger partial charge on any atom is 0.290 e. The van der Waals surface area contributed by atoms with Crippen molar-refractivity contribution in [2.45, 2.75) is 19.4 Å². The Morgan fingerprint density at radius 3 is 2.79 bits per heavy atom. The van der Waals surface area contributed by atoms with Gasteiger partial charge in [-0.1, -0.05) is 22.8 Å². The van der Waals surface area contributed by atoms with Crippen LogP contribution in [0.4, 0.5) is 0 Å². The van der Waals surface area contributed by atoms with Crippen molar-refractivity contribution in [1.82, 2.24) is 9.55 Å². The Morgan fingerprint density at radius 2 is 2.10 bits per heavy atom. The number of aromatic nitrogens is 2. The van der Waals surface area contributed by atoms with Crippen LogP contribution in [0.5, 0.6) is 11.5 Å². The molecule has 1 aromatic carbocycles. The van der Waals surface area contributed by atoms with E-state index < -0.39 is 5.56 Å². The maximum absolute atomic E-state index is 11.9. The van der Waals surface area contributed by atoms with E-state index in [1.54, 1.807) is 24.9 Å². The Labute approximate surface area is 173 Å². The van der Waals surface area contributed by atoms with Crippen molar-refractivity contribution in [3.8, 4) is 17.6 Å². The van der Waals surface area contributed by atoms with Crippen molar-refractivity contribution in [3.05, 3.63) is 63.3 Å². The Kier molecular flexibility index (Phi) is 8.73. The van der Waals surface area contributed by atoms with E-state index in [0.717, 1.165) is 5.56 Å². The van der Waals surface area contributed by atoms with Gasteiger partial charge >= 0.3 is 0 Å². The molecule has 29 heavy (non-hydrogen) atoms. The Bertz CT molecular complexity index is 979. The molecule has 8 nitrogen and oxygen atoms in total. The minimum Gasteiger partial charge on any atom is -0.493 e. The number of oxime groups is 1. The summed E-state index contributed by atoms with van der Waals surface area (Å²) in [4.78, 5) is 20.7. The second-order valence-corrected chi connectivity index (χ2v) is 6.02. The van der Waals surface area contributed by atoms with Gasteiger partial charge in [-0.3, -0.25) is 4.79 Å². The summed E-state index contributed by atoms with van der Waals surface area (Å²) in [7, 11) is 3.16. The fourth-order valence-electron chi connectivity index (χ4n) is 2.63. The highest BCUT2D eigenvalue weighted by Gasteiger charge is 2.12. The average Bonchev–Trinajstić information content (AvgIpc) is 2.75. The summed E-state index contributed by atoms with van der Waals surface area (Å²) in [6.45, 7) is 0.740. The topological polar surface area (TPSA) is 98.7 Å². The number of nitrogens with zero attached hydrogens (tertiary/aromatic N) is 4. The number of benzene rings is 1. The first kappa shape index (κ1) is 22.0. The summed E-state index contributed by atoms with van der Waals surface area (Å²) in [6, 6.07) is 7.59. The average molecular weight is 417 g/mol. The number of aryl methyl sites for hydroxylation is 2. The van der Waals surface area contributed by atoms with E-state index in [2.05, 4.69) is 10.1 Å². The standard InChI is InChI=1S/C20H21ClN4O4/c1-27-18-5-4-15(12-19(18)28-2)7-10-25-14-23-20(26)16(13-22)17(25)6-9-24-29-11-3-8-21/h3-5,8-9,12,14H,6-7,10-11H2,1-2H3/b8-3+,24-9+. The van der Waals surface area contributed by atoms with Gasteiger partial charge in [0.15, 0.2) is 11.5 Å². The van der Waals surface area contributed by atoms with Gasteiger partial charge in [-0.2, -0.15) is 10.2 Å². The van der Waals surface area contributed by atoms with Crippen LogP contribution in [0.2, 0.25) is 0 Å². The van der Waals surface area contributed by atoms with Gasteiger partial charge in [-0.15, -0.1) is 0 Å². The first-order valence-electron chi connectivity index (χ1n) is 8.72. The summed E-state index contributed by atoms with van der Waals surface area (Å²) >= 11 is 5.40. The van der Waals surface area contributed by atoms with Crippen molar-refractivity contribution < 1.29 is 14.3 Å². The molecule has 0 aliphatic heterocycles. The predicted molar refractivity (Wildman–Crippen MR) is 110 cm³/mol. The van der Waals surface area contributed by atoms with Crippen molar-refractivity contribution >= 4 is 17.8 Å². The van der Waals surface area contributed by atoms with Gasteiger partial charge in [0.05, 0.1) is 20.5 Å². The number of hydrogen-bond acceptors (Lipinski definition) is 7. The van der Waals surface area contributed by atoms with Gasteiger partial charge in [0.1, 0.15) is 18.2 Å². The molecule has 2 aromatic rings.